The third-order valence-electron chi connectivity index (χ3n) is 8.75. The highest BCUT2D eigenvalue weighted by Gasteiger charge is 2.32. The minimum Gasteiger partial charge on any atom is -0.342 e. The van der Waals surface area contributed by atoms with Gasteiger partial charge in [-0.1, -0.05) is 68.7 Å². The molecule has 0 aromatic heterocycles. The molecule has 3 rings (SSSR count). The number of carbonyl (C=O) groups is 2. The summed E-state index contributed by atoms with van der Waals surface area (Å²) in [5, 5.41) is 0. The van der Waals surface area contributed by atoms with Crippen LogP contribution < -0.4 is 0 Å². The van der Waals surface area contributed by atoms with Gasteiger partial charge in [0.15, 0.2) is 0 Å². The van der Waals surface area contributed by atoms with Crippen molar-refractivity contribution in [2.45, 2.75) is 129 Å². The Morgan fingerprint density at radius 2 is 1.68 bits per heavy atom. The molecule has 1 amide bonds. The zero-order chi connectivity index (χ0) is 24.2. The van der Waals surface area contributed by atoms with E-state index in [1.54, 1.807) is 5.57 Å². The zero-order valence-corrected chi connectivity index (χ0v) is 22.3. The van der Waals surface area contributed by atoms with Crippen molar-refractivity contribution in [3.8, 4) is 0 Å². The number of hydrogen-bond donors (Lipinski definition) is 0. The minimum absolute atomic E-state index is 0.357. The maximum atomic E-state index is 12.6. The Bertz CT molecular complexity index is 706. The fraction of sp³-hybridized carbons (Fsp3) is 0.806. The maximum Gasteiger partial charge on any atom is 0.222 e. The van der Waals surface area contributed by atoms with E-state index in [1.165, 1.54) is 76.2 Å². The summed E-state index contributed by atoms with van der Waals surface area (Å²) in [5.74, 6) is 3.17. The lowest BCUT2D eigenvalue weighted by Gasteiger charge is -2.41. The number of allylic oxidation sites excluding steroid dienone is 4. The lowest BCUT2D eigenvalue weighted by molar-refractivity contribution is -0.134. The molecule has 1 saturated carbocycles. The second-order valence-electron chi connectivity index (χ2n) is 11.6. The number of fused-ring (bicyclic) bond motifs is 1. The average molecular weight is 470 g/mol. The molecule has 3 atom stereocenters. The van der Waals surface area contributed by atoms with Crippen LogP contribution in [0.3, 0.4) is 0 Å². The quantitative estimate of drug-likeness (QED) is 0.240. The summed E-state index contributed by atoms with van der Waals surface area (Å²) in [6, 6.07) is 0. The average Bonchev–Trinajstić information content (AvgIpc) is 2.85. The van der Waals surface area contributed by atoms with Gasteiger partial charge in [-0.15, -0.1) is 0 Å². The minimum atomic E-state index is 0.357. The van der Waals surface area contributed by atoms with Gasteiger partial charge < -0.3 is 4.90 Å². The molecule has 3 heteroatoms. The number of carbonyl (C=O) groups excluding carboxylic acids is 2. The molecule has 1 aliphatic heterocycles. The van der Waals surface area contributed by atoms with Crippen molar-refractivity contribution in [2.75, 3.05) is 13.1 Å². The van der Waals surface area contributed by atoms with Gasteiger partial charge in [0.25, 0.3) is 0 Å². The second-order valence-corrected chi connectivity index (χ2v) is 11.6. The molecule has 1 saturated heterocycles. The molecule has 3 aliphatic rings. The van der Waals surface area contributed by atoms with Gasteiger partial charge in [0, 0.05) is 32.4 Å². The van der Waals surface area contributed by atoms with E-state index in [0.717, 1.165) is 62.9 Å². The largest absolute Gasteiger partial charge is 0.342 e. The monoisotopic (exact) mass is 469 g/mol. The van der Waals surface area contributed by atoms with Crippen LogP contribution in [-0.2, 0) is 9.59 Å². The lowest BCUT2D eigenvalue weighted by atomic mass is 9.75. The number of Topliss-reactive ketones (excluding diaryl/α,β-unsaturated/α-hetero) is 1. The summed E-state index contributed by atoms with van der Waals surface area (Å²) in [6.07, 6.45) is 24.7. The Hall–Kier alpha value is -1.38. The topological polar surface area (TPSA) is 37.4 Å². The molecule has 0 aromatic rings. The number of rotatable bonds is 14. The molecular formula is C31H51NO2. The Balaban J connectivity index is 1.23. The summed E-state index contributed by atoms with van der Waals surface area (Å²) < 4.78 is 0. The van der Waals surface area contributed by atoms with Gasteiger partial charge >= 0.3 is 0 Å². The third-order valence-corrected chi connectivity index (χ3v) is 8.75. The van der Waals surface area contributed by atoms with E-state index < -0.39 is 0 Å². The molecular weight excluding hydrogens is 418 g/mol. The Labute approximate surface area is 209 Å². The number of unbranched alkanes of at least 4 members (excludes halogenated alkanes) is 2. The van der Waals surface area contributed by atoms with Crippen LogP contribution in [-0.4, -0.2) is 29.7 Å². The smallest absolute Gasteiger partial charge is 0.222 e. The predicted molar refractivity (Wildman–Crippen MR) is 143 cm³/mol. The van der Waals surface area contributed by atoms with E-state index in [4.69, 9.17) is 0 Å². The van der Waals surface area contributed by atoms with Crippen molar-refractivity contribution < 1.29 is 9.59 Å². The molecule has 34 heavy (non-hydrogen) atoms. The molecule has 0 spiro atoms. The van der Waals surface area contributed by atoms with Crippen molar-refractivity contribution >= 4 is 11.7 Å². The van der Waals surface area contributed by atoms with Gasteiger partial charge in [0.05, 0.1) is 0 Å². The molecule has 0 N–H and O–H groups in total. The summed E-state index contributed by atoms with van der Waals surface area (Å²) in [7, 11) is 0. The van der Waals surface area contributed by atoms with Crippen LogP contribution in [0.25, 0.3) is 0 Å². The first-order valence-corrected chi connectivity index (χ1v) is 14.7. The highest BCUT2D eigenvalue weighted by atomic mass is 16.2. The lowest BCUT2D eigenvalue weighted by Crippen LogP contribution is -2.44. The van der Waals surface area contributed by atoms with E-state index in [0.29, 0.717) is 24.5 Å². The summed E-state index contributed by atoms with van der Waals surface area (Å²) in [5.41, 5.74) is 3.10. The fourth-order valence-corrected chi connectivity index (χ4v) is 6.56. The van der Waals surface area contributed by atoms with Gasteiger partial charge in [0.2, 0.25) is 5.91 Å². The van der Waals surface area contributed by atoms with Gasteiger partial charge in [-0.25, -0.2) is 0 Å². The van der Waals surface area contributed by atoms with Crippen LogP contribution in [0.2, 0.25) is 0 Å². The molecule has 0 aromatic carbocycles. The summed E-state index contributed by atoms with van der Waals surface area (Å²) in [4.78, 5) is 27.2. The molecule has 0 bridgehead atoms. The highest BCUT2D eigenvalue weighted by Crippen LogP contribution is 2.36. The van der Waals surface area contributed by atoms with Gasteiger partial charge in [-0.3, -0.25) is 9.59 Å². The maximum absolute atomic E-state index is 12.6. The first-order valence-electron chi connectivity index (χ1n) is 14.7. The van der Waals surface area contributed by atoms with Gasteiger partial charge in [-0.05, 0) is 82.5 Å². The van der Waals surface area contributed by atoms with Gasteiger partial charge in [0.1, 0.15) is 5.78 Å². The van der Waals surface area contributed by atoms with E-state index >= 15 is 0 Å². The SMILES string of the molecule is CCCC(CCCC(=O)CCCCCC(=O)N1CCC2CCCCC2C1)CC1=CC=C(C)CC1. The molecule has 1 heterocycles. The molecule has 2 aliphatic carbocycles. The van der Waals surface area contributed by atoms with Crippen LogP contribution in [0.4, 0.5) is 0 Å². The molecule has 0 radical (unpaired) electrons. The molecule has 3 nitrogen and oxygen atoms in total. The summed E-state index contributed by atoms with van der Waals surface area (Å²) in [6.45, 7) is 6.49. The number of piperidine rings is 1. The number of nitrogens with zero attached hydrogens (tertiary/aromatic N) is 1. The van der Waals surface area contributed by atoms with Crippen LogP contribution in [0.15, 0.2) is 23.3 Å². The Morgan fingerprint density at radius 1 is 0.912 bits per heavy atom. The Morgan fingerprint density at radius 3 is 2.44 bits per heavy atom. The Kier molecular flexibility index (Phi) is 11.9. The van der Waals surface area contributed by atoms with Crippen LogP contribution in [0.1, 0.15) is 129 Å². The van der Waals surface area contributed by atoms with Crippen molar-refractivity contribution in [1.82, 2.24) is 4.90 Å². The standard InChI is InChI=1S/C31H51NO2/c1-3-10-26(23-27-19-17-25(2)18-20-27)11-9-15-30(33)14-5-4-6-16-31(34)32-22-21-28-12-7-8-13-29(28)24-32/h17,19,26,28-29H,3-16,18,20-24H2,1-2H3. The van der Waals surface area contributed by atoms with E-state index in [2.05, 4.69) is 30.9 Å². The summed E-state index contributed by atoms with van der Waals surface area (Å²) >= 11 is 0. The van der Waals surface area contributed by atoms with Crippen LogP contribution >= 0.6 is 0 Å². The fourth-order valence-electron chi connectivity index (χ4n) is 6.56. The first kappa shape index (κ1) is 27.2. The van der Waals surface area contributed by atoms with E-state index in [1.807, 2.05) is 0 Å². The number of likely N-dealkylation sites (tertiary alicyclic amines) is 1. The zero-order valence-electron chi connectivity index (χ0n) is 22.3. The van der Waals surface area contributed by atoms with Crippen LogP contribution in [0, 0.1) is 17.8 Å². The second kappa shape index (κ2) is 14.9. The van der Waals surface area contributed by atoms with Crippen molar-refractivity contribution in [1.29, 1.82) is 0 Å². The first-order chi connectivity index (χ1) is 16.5. The van der Waals surface area contributed by atoms with Crippen molar-refractivity contribution in [3.05, 3.63) is 23.3 Å². The van der Waals surface area contributed by atoms with Gasteiger partial charge in [-0.2, -0.15) is 0 Å². The highest BCUT2D eigenvalue weighted by molar-refractivity contribution is 5.78. The normalized spacial score (nSPS) is 23.6. The van der Waals surface area contributed by atoms with Crippen molar-refractivity contribution in [2.24, 2.45) is 17.8 Å². The number of hydrogen-bond acceptors (Lipinski definition) is 2. The molecule has 192 valence electrons. The molecule has 2 fully saturated rings. The predicted octanol–water partition coefficient (Wildman–Crippen LogP) is 8.19. The number of ketones is 1. The van der Waals surface area contributed by atoms with E-state index in [-0.39, 0.29) is 0 Å². The molecule has 3 unspecified atom stereocenters. The van der Waals surface area contributed by atoms with Crippen LogP contribution in [0.5, 0.6) is 0 Å². The van der Waals surface area contributed by atoms with Crippen molar-refractivity contribution in [3.63, 3.8) is 0 Å². The third kappa shape index (κ3) is 9.34. The van der Waals surface area contributed by atoms with E-state index in [9.17, 15) is 9.59 Å². The number of amides is 1.